The lowest BCUT2D eigenvalue weighted by molar-refractivity contribution is 0.0488. The first-order valence-electron chi connectivity index (χ1n) is 10.7. The second-order valence-electron chi connectivity index (χ2n) is 8.79. The van der Waals surface area contributed by atoms with Gasteiger partial charge in [-0.25, -0.2) is 0 Å². The number of carbonyl (C=O) groups is 1. The Hall–Kier alpha value is -1.84. The third-order valence-corrected chi connectivity index (χ3v) is 6.73. The Morgan fingerprint density at radius 3 is 2.17 bits per heavy atom. The maximum absolute atomic E-state index is 13.6. The lowest BCUT2D eigenvalue weighted by Gasteiger charge is -2.42. The number of fused-ring (bicyclic) bond motifs is 2. The summed E-state index contributed by atoms with van der Waals surface area (Å²) in [4.78, 5) is 18.3. The van der Waals surface area contributed by atoms with Crippen LogP contribution in [0.4, 0.5) is 0 Å². The summed E-state index contributed by atoms with van der Waals surface area (Å²) in [7, 11) is 2.26. The average molecular weight is 413 g/mol. The van der Waals surface area contributed by atoms with Crippen LogP contribution in [0.25, 0.3) is 0 Å². The number of nitrogens with zero attached hydrogens (tertiary/aromatic N) is 2. The zero-order valence-electron chi connectivity index (χ0n) is 17.8. The van der Waals surface area contributed by atoms with Crippen molar-refractivity contribution in [3.8, 4) is 0 Å². The lowest BCUT2D eigenvalue weighted by atomic mass is 9.95. The van der Waals surface area contributed by atoms with Crippen LogP contribution >= 0.6 is 12.4 Å². The minimum atomic E-state index is 0. The Kier molecular flexibility index (Phi) is 7.02. The number of aryl methyl sites for hydroxylation is 2. The number of rotatable bonds is 5. The molecule has 0 N–H and O–H groups in total. The fourth-order valence-electron chi connectivity index (χ4n) is 5.25. The molecule has 2 aliphatic heterocycles. The zero-order valence-corrected chi connectivity index (χ0v) is 18.6. The largest absolute Gasteiger partial charge is 0.335 e. The fraction of sp³-hybridized carbons (Fsp3) is 0.480. The molecule has 0 aromatic heterocycles. The third-order valence-electron chi connectivity index (χ3n) is 6.73. The van der Waals surface area contributed by atoms with Gasteiger partial charge in [0.15, 0.2) is 0 Å². The van der Waals surface area contributed by atoms with Gasteiger partial charge in [0.05, 0.1) is 0 Å². The Bertz CT molecular complexity index is 804. The van der Waals surface area contributed by atoms with Crippen LogP contribution in [0.15, 0.2) is 48.5 Å². The molecule has 2 fully saturated rings. The predicted octanol–water partition coefficient (Wildman–Crippen LogP) is 5.04. The molecule has 2 aromatic rings. The summed E-state index contributed by atoms with van der Waals surface area (Å²) >= 11 is 0. The SMILES string of the molecule is Cc1cc(C)cc(C(=O)N(CCc2ccccc2)C2CC3CCC(C2)N3C)c1.Cl. The molecule has 2 aromatic carbocycles. The van der Waals surface area contributed by atoms with E-state index >= 15 is 0 Å². The summed E-state index contributed by atoms with van der Waals surface area (Å²) in [5, 5.41) is 0. The smallest absolute Gasteiger partial charge is 0.254 e. The number of carbonyl (C=O) groups excluding carboxylic acids is 1. The van der Waals surface area contributed by atoms with Crippen molar-refractivity contribution < 1.29 is 4.79 Å². The molecular weight excluding hydrogens is 380 g/mol. The molecule has 0 saturated carbocycles. The number of hydrogen-bond donors (Lipinski definition) is 0. The van der Waals surface area contributed by atoms with Crippen LogP contribution in [0, 0.1) is 13.8 Å². The van der Waals surface area contributed by atoms with Gasteiger partial charge in [-0.15, -0.1) is 12.4 Å². The molecule has 4 rings (SSSR count). The van der Waals surface area contributed by atoms with Crippen molar-refractivity contribution >= 4 is 18.3 Å². The molecule has 2 aliphatic rings. The standard InChI is InChI=1S/C25H32N2O.ClH/c1-18-13-19(2)15-21(14-18)25(28)27(12-11-20-7-5-4-6-8-20)24-16-22-9-10-23(17-24)26(22)3;/h4-8,13-15,22-24H,9-12,16-17H2,1-3H3;1H. The summed E-state index contributed by atoms with van der Waals surface area (Å²) < 4.78 is 0. The van der Waals surface area contributed by atoms with Gasteiger partial charge in [0.1, 0.15) is 0 Å². The summed E-state index contributed by atoms with van der Waals surface area (Å²) in [6, 6.07) is 18.4. The van der Waals surface area contributed by atoms with Crippen LogP contribution in [0.5, 0.6) is 0 Å². The van der Waals surface area contributed by atoms with Crippen LogP contribution < -0.4 is 0 Å². The lowest BCUT2D eigenvalue weighted by Crippen LogP contribution is -2.51. The number of hydrogen-bond acceptors (Lipinski definition) is 2. The minimum Gasteiger partial charge on any atom is -0.335 e. The molecule has 0 spiro atoms. The maximum Gasteiger partial charge on any atom is 0.254 e. The van der Waals surface area contributed by atoms with Crippen molar-refractivity contribution in [3.05, 3.63) is 70.8 Å². The van der Waals surface area contributed by atoms with Crippen molar-refractivity contribution in [1.29, 1.82) is 0 Å². The van der Waals surface area contributed by atoms with E-state index in [2.05, 4.69) is 79.2 Å². The summed E-state index contributed by atoms with van der Waals surface area (Å²) in [5.74, 6) is 0.205. The molecule has 3 nitrogen and oxygen atoms in total. The highest BCUT2D eigenvalue weighted by atomic mass is 35.5. The second kappa shape index (κ2) is 9.32. The van der Waals surface area contributed by atoms with Gasteiger partial charge < -0.3 is 9.80 Å². The number of benzene rings is 2. The van der Waals surface area contributed by atoms with Crippen molar-refractivity contribution in [2.45, 2.75) is 64.1 Å². The highest BCUT2D eigenvalue weighted by molar-refractivity contribution is 5.95. The van der Waals surface area contributed by atoms with E-state index in [0.717, 1.165) is 42.5 Å². The quantitative estimate of drug-likeness (QED) is 0.687. The van der Waals surface area contributed by atoms with E-state index in [1.165, 1.54) is 18.4 Å². The molecule has 2 unspecified atom stereocenters. The predicted molar refractivity (Wildman–Crippen MR) is 122 cm³/mol. The molecule has 156 valence electrons. The second-order valence-corrected chi connectivity index (χ2v) is 8.79. The monoisotopic (exact) mass is 412 g/mol. The van der Waals surface area contributed by atoms with E-state index < -0.39 is 0 Å². The van der Waals surface area contributed by atoms with Gasteiger partial charge in [0.25, 0.3) is 5.91 Å². The Balaban J connectivity index is 0.00000240. The minimum absolute atomic E-state index is 0. The molecule has 2 heterocycles. The molecule has 0 radical (unpaired) electrons. The fourth-order valence-corrected chi connectivity index (χ4v) is 5.25. The van der Waals surface area contributed by atoms with Gasteiger partial charge in [-0.1, -0.05) is 47.5 Å². The van der Waals surface area contributed by atoms with Crippen LogP contribution in [0.2, 0.25) is 0 Å². The highest BCUT2D eigenvalue weighted by Crippen LogP contribution is 2.36. The zero-order chi connectivity index (χ0) is 19.7. The van der Waals surface area contributed by atoms with Gasteiger partial charge >= 0.3 is 0 Å². The topological polar surface area (TPSA) is 23.6 Å². The Morgan fingerprint density at radius 1 is 1.00 bits per heavy atom. The van der Waals surface area contributed by atoms with Gasteiger partial charge in [-0.05, 0) is 70.7 Å². The summed E-state index contributed by atoms with van der Waals surface area (Å²) in [6.07, 6.45) is 5.69. The normalized spacial score (nSPS) is 23.5. The van der Waals surface area contributed by atoms with Crippen LogP contribution in [0.3, 0.4) is 0 Å². The first-order chi connectivity index (χ1) is 13.5. The molecule has 2 saturated heterocycles. The van der Waals surface area contributed by atoms with Gasteiger partial charge in [-0.2, -0.15) is 0 Å². The molecule has 0 aliphatic carbocycles. The van der Waals surface area contributed by atoms with E-state index in [4.69, 9.17) is 0 Å². The maximum atomic E-state index is 13.6. The first kappa shape index (κ1) is 21.9. The summed E-state index contributed by atoms with van der Waals surface area (Å²) in [5.41, 5.74) is 4.47. The van der Waals surface area contributed by atoms with Gasteiger partial charge in [0.2, 0.25) is 0 Å². The van der Waals surface area contributed by atoms with E-state index in [9.17, 15) is 4.79 Å². The number of amides is 1. The van der Waals surface area contributed by atoms with Crippen molar-refractivity contribution in [2.75, 3.05) is 13.6 Å². The molecule has 4 heteroatoms. The van der Waals surface area contributed by atoms with Gasteiger partial charge in [0, 0.05) is 30.2 Å². The molecule has 2 atom stereocenters. The highest BCUT2D eigenvalue weighted by Gasteiger charge is 2.41. The molecule has 29 heavy (non-hydrogen) atoms. The van der Waals surface area contributed by atoms with Crippen LogP contribution in [0.1, 0.15) is 52.7 Å². The van der Waals surface area contributed by atoms with Crippen LogP contribution in [-0.4, -0.2) is 47.4 Å². The van der Waals surface area contributed by atoms with Crippen molar-refractivity contribution in [1.82, 2.24) is 9.80 Å². The van der Waals surface area contributed by atoms with Crippen LogP contribution in [-0.2, 0) is 6.42 Å². The number of piperidine rings is 1. The first-order valence-corrected chi connectivity index (χ1v) is 10.7. The Morgan fingerprint density at radius 2 is 1.59 bits per heavy atom. The molecular formula is C25H33ClN2O. The van der Waals surface area contributed by atoms with Gasteiger partial charge in [-0.3, -0.25) is 4.79 Å². The van der Waals surface area contributed by atoms with E-state index in [-0.39, 0.29) is 18.3 Å². The molecule has 1 amide bonds. The summed E-state index contributed by atoms with van der Waals surface area (Å²) in [6.45, 7) is 4.95. The average Bonchev–Trinajstić information content (AvgIpc) is 2.89. The van der Waals surface area contributed by atoms with Crippen molar-refractivity contribution in [2.24, 2.45) is 0 Å². The van der Waals surface area contributed by atoms with E-state index in [1.54, 1.807) is 0 Å². The number of halogens is 1. The molecule has 2 bridgehead atoms. The third kappa shape index (κ3) is 4.84. The van der Waals surface area contributed by atoms with E-state index in [1.807, 2.05) is 0 Å². The Labute approximate surface area is 181 Å². The van der Waals surface area contributed by atoms with Crippen molar-refractivity contribution in [3.63, 3.8) is 0 Å². The van der Waals surface area contributed by atoms with E-state index in [0.29, 0.717) is 18.1 Å².